The average Bonchev–Trinajstić information content (AvgIpc) is 2.60. The second-order valence-electron chi connectivity index (χ2n) is 7.36. The number of rotatable bonds is 5. The van der Waals surface area contributed by atoms with Crippen LogP contribution in [0.4, 0.5) is 0 Å². The van der Waals surface area contributed by atoms with Gasteiger partial charge in [-0.2, -0.15) is 0 Å². The normalized spacial score (nSPS) is 26.6. The molecule has 1 aromatic rings. The van der Waals surface area contributed by atoms with Crippen LogP contribution in [0.15, 0.2) is 24.3 Å². The van der Waals surface area contributed by atoms with E-state index in [0.29, 0.717) is 26.2 Å². The number of benzene rings is 1. The molecule has 25 heavy (non-hydrogen) atoms. The first-order chi connectivity index (χ1) is 12.1. The largest absolute Gasteiger partial charge is 0.395 e. The first-order valence-corrected chi connectivity index (χ1v) is 9.44. The molecule has 5 nitrogen and oxygen atoms in total. The minimum absolute atomic E-state index is 0.0713. The van der Waals surface area contributed by atoms with Crippen molar-refractivity contribution in [3.63, 3.8) is 0 Å². The number of aryl methyl sites for hydroxylation is 1. The van der Waals surface area contributed by atoms with Crippen LogP contribution in [0.1, 0.15) is 43.9 Å². The molecular weight excluding hydrogens is 316 g/mol. The van der Waals surface area contributed by atoms with Crippen molar-refractivity contribution in [3.8, 4) is 0 Å². The molecule has 0 saturated carbocycles. The van der Waals surface area contributed by atoms with Gasteiger partial charge in [0.05, 0.1) is 25.4 Å². The van der Waals surface area contributed by atoms with E-state index in [9.17, 15) is 9.90 Å². The summed E-state index contributed by atoms with van der Waals surface area (Å²) in [4.78, 5) is 16.9. The van der Waals surface area contributed by atoms with E-state index < -0.39 is 0 Å². The number of amides is 1. The van der Waals surface area contributed by atoms with Crippen molar-refractivity contribution >= 4 is 5.91 Å². The highest BCUT2D eigenvalue weighted by molar-refractivity contribution is 5.78. The smallest absolute Gasteiger partial charge is 0.236 e. The highest BCUT2D eigenvalue weighted by atomic mass is 16.5. The molecule has 0 aromatic heterocycles. The molecule has 1 saturated heterocycles. The van der Waals surface area contributed by atoms with Crippen LogP contribution in [0, 0.1) is 0 Å². The zero-order chi connectivity index (χ0) is 17.8. The molecule has 2 aliphatic rings. The fourth-order valence-electron chi connectivity index (χ4n) is 4.24. The van der Waals surface area contributed by atoms with Gasteiger partial charge in [-0.1, -0.05) is 24.3 Å². The maximum Gasteiger partial charge on any atom is 0.236 e. The van der Waals surface area contributed by atoms with E-state index in [2.05, 4.69) is 29.2 Å². The van der Waals surface area contributed by atoms with Gasteiger partial charge in [0.25, 0.3) is 0 Å². The van der Waals surface area contributed by atoms with Gasteiger partial charge in [0.1, 0.15) is 0 Å². The van der Waals surface area contributed by atoms with Crippen molar-refractivity contribution in [1.82, 2.24) is 9.80 Å². The molecule has 3 rings (SSSR count). The van der Waals surface area contributed by atoms with Gasteiger partial charge in [-0.15, -0.1) is 0 Å². The third-order valence-corrected chi connectivity index (χ3v) is 5.28. The molecule has 1 amide bonds. The van der Waals surface area contributed by atoms with Gasteiger partial charge in [0.2, 0.25) is 5.91 Å². The van der Waals surface area contributed by atoms with Gasteiger partial charge >= 0.3 is 0 Å². The molecule has 3 atom stereocenters. The fraction of sp³-hybridized carbons (Fsp3) is 0.650. The van der Waals surface area contributed by atoms with Gasteiger partial charge in [-0.05, 0) is 44.2 Å². The minimum atomic E-state index is 0.0713. The molecule has 0 spiro atoms. The van der Waals surface area contributed by atoms with E-state index >= 15 is 0 Å². The van der Waals surface area contributed by atoms with E-state index in [1.165, 1.54) is 11.1 Å². The summed E-state index contributed by atoms with van der Waals surface area (Å²) in [7, 11) is 0. The molecule has 3 unspecified atom stereocenters. The third-order valence-electron chi connectivity index (χ3n) is 5.28. The van der Waals surface area contributed by atoms with E-state index in [1.807, 2.05) is 18.7 Å². The van der Waals surface area contributed by atoms with Crippen molar-refractivity contribution < 1.29 is 14.6 Å². The number of morpholine rings is 1. The Morgan fingerprint density at radius 2 is 2.00 bits per heavy atom. The quantitative estimate of drug-likeness (QED) is 0.886. The summed E-state index contributed by atoms with van der Waals surface area (Å²) in [6.45, 7) is 6.29. The number of hydrogen-bond acceptors (Lipinski definition) is 4. The van der Waals surface area contributed by atoms with Crippen molar-refractivity contribution in [3.05, 3.63) is 35.4 Å². The Kier molecular flexibility index (Phi) is 6.10. The molecule has 0 bridgehead atoms. The highest BCUT2D eigenvalue weighted by Gasteiger charge is 2.30. The van der Waals surface area contributed by atoms with E-state index in [-0.39, 0.29) is 30.8 Å². The Balaban J connectivity index is 1.72. The number of carbonyl (C=O) groups is 1. The second-order valence-corrected chi connectivity index (χ2v) is 7.36. The molecule has 0 radical (unpaired) electrons. The van der Waals surface area contributed by atoms with Crippen LogP contribution in [0.5, 0.6) is 0 Å². The Bertz CT molecular complexity index is 582. The lowest BCUT2D eigenvalue weighted by atomic mass is 9.86. The molecule has 1 aliphatic carbocycles. The molecule has 1 N–H and O–H groups in total. The standard InChI is InChI=1S/C20H30N2O3/c1-15-12-22(13-16(2)25-15)20(24)14-21(10-11-23)19-9-5-7-17-6-3-4-8-18(17)19/h3-4,6,8,15-16,19,23H,5,7,9-14H2,1-2H3. The van der Waals surface area contributed by atoms with E-state index in [0.717, 1.165) is 19.3 Å². The molecule has 1 fully saturated rings. The van der Waals surface area contributed by atoms with Gasteiger partial charge in [-0.25, -0.2) is 0 Å². The van der Waals surface area contributed by atoms with Crippen LogP contribution >= 0.6 is 0 Å². The predicted octanol–water partition coefficient (Wildman–Crippen LogP) is 1.99. The molecule has 138 valence electrons. The van der Waals surface area contributed by atoms with Crippen molar-refractivity contribution in [2.75, 3.05) is 32.8 Å². The number of carbonyl (C=O) groups excluding carboxylic acids is 1. The van der Waals surface area contributed by atoms with Crippen molar-refractivity contribution in [1.29, 1.82) is 0 Å². The van der Waals surface area contributed by atoms with Crippen LogP contribution < -0.4 is 0 Å². The molecule has 1 aromatic carbocycles. The summed E-state index contributed by atoms with van der Waals surface area (Å²) in [5, 5.41) is 9.54. The Hall–Kier alpha value is -1.43. The number of aliphatic hydroxyl groups excluding tert-OH is 1. The van der Waals surface area contributed by atoms with Crippen LogP contribution in [0.25, 0.3) is 0 Å². The Labute approximate surface area is 150 Å². The first-order valence-electron chi connectivity index (χ1n) is 9.44. The molecule has 1 heterocycles. The number of ether oxygens (including phenoxy) is 1. The topological polar surface area (TPSA) is 53.0 Å². The van der Waals surface area contributed by atoms with Gasteiger partial charge < -0.3 is 14.7 Å². The number of aliphatic hydroxyl groups is 1. The van der Waals surface area contributed by atoms with Gasteiger partial charge in [0.15, 0.2) is 0 Å². The number of fused-ring (bicyclic) bond motifs is 1. The molecular formula is C20H30N2O3. The van der Waals surface area contributed by atoms with Crippen LogP contribution in [-0.4, -0.2) is 65.8 Å². The summed E-state index contributed by atoms with van der Waals surface area (Å²) in [5.41, 5.74) is 2.70. The average molecular weight is 346 g/mol. The Morgan fingerprint density at radius 3 is 2.72 bits per heavy atom. The molecule has 1 aliphatic heterocycles. The first kappa shape index (κ1) is 18.4. The second kappa shape index (κ2) is 8.30. The van der Waals surface area contributed by atoms with Crippen LogP contribution in [0.3, 0.4) is 0 Å². The lowest BCUT2D eigenvalue weighted by Crippen LogP contribution is -2.51. The van der Waals surface area contributed by atoms with Crippen molar-refractivity contribution in [2.45, 2.75) is 51.4 Å². The lowest BCUT2D eigenvalue weighted by molar-refractivity contribution is -0.145. The zero-order valence-electron chi connectivity index (χ0n) is 15.4. The Morgan fingerprint density at radius 1 is 1.28 bits per heavy atom. The zero-order valence-corrected chi connectivity index (χ0v) is 15.4. The van der Waals surface area contributed by atoms with E-state index in [4.69, 9.17) is 4.74 Å². The summed E-state index contributed by atoms with van der Waals surface area (Å²) >= 11 is 0. The maximum absolute atomic E-state index is 12.9. The predicted molar refractivity (Wildman–Crippen MR) is 97.4 cm³/mol. The maximum atomic E-state index is 12.9. The van der Waals surface area contributed by atoms with E-state index in [1.54, 1.807) is 0 Å². The molecule has 5 heteroatoms. The number of hydrogen-bond donors (Lipinski definition) is 1. The number of nitrogens with zero attached hydrogens (tertiary/aromatic N) is 2. The van der Waals surface area contributed by atoms with Crippen molar-refractivity contribution in [2.24, 2.45) is 0 Å². The fourth-order valence-corrected chi connectivity index (χ4v) is 4.24. The van der Waals surface area contributed by atoms with Gasteiger partial charge in [-0.3, -0.25) is 9.69 Å². The summed E-state index contributed by atoms with van der Waals surface area (Å²) in [6, 6.07) is 8.73. The van der Waals surface area contributed by atoms with Crippen LogP contribution in [-0.2, 0) is 16.0 Å². The third kappa shape index (κ3) is 4.40. The summed E-state index contributed by atoms with van der Waals surface area (Å²) in [5.74, 6) is 0.138. The summed E-state index contributed by atoms with van der Waals surface area (Å²) < 4.78 is 5.73. The minimum Gasteiger partial charge on any atom is -0.395 e. The van der Waals surface area contributed by atoms with Gasteiger partial charge in [0, 0.05) is 25.7 Å². The summed E-state index contributed by atoms with van der Waals surface area (Å²) in [6.07, 6.45) is 3.43. The monoisotopic (exact) mass is 346 g/mol. The SMILES string of the molecule is CC1CN(C(=O)CN(CCO)C2CCCc3ccccc32)CC(C)O1. The highest BCUT2D eigenvalue weighted by Crippen LogP contribution is 2.34. The van der Waals surface area contributed by atoms with Crippen LogP contribution in [0.2, 0.25) is 0 Å². The lowest BCUT2D eigenvalue weighted by Gasteiger charge is -2.39.